The highest BCUT2D eigenvalue weighted by Crippen LogP contribution is 2.57. The lowest BCUT2D eigenvalue weighted by atomic mass is 9.74. The summed E-state index contributed by atoms with van der Waals surface area (Å²) in [5, 5.41) is 12.6. The molecule has 2 aliphatic rings. The van der Waals surface area contributed by atoms with Crippen LogP contribution >= 0.6 is 15.9 Å². The summed E-state index contributed by atoms with van der Waals surface area (Å²) in [7, 11) is 2.70. The van der Waals surface area contributed by atoms with Crippen LogP contribution in [0.3, 0.4) is 0 Å². The summed E-state index contributed by atoms with van der Waals surface area (Å²) in [4.78, 5) is 82.5. The van der Waals surface area contributed by atoms with Crippen LogP contribution in [0.15, 0.2) is 83.4 Å². The van der Waals surface area contributed by atoms with Crippen molar-refractivity contribution in [1.29, 1.82) is 0 Å². The molecular formula is C45H55BrO15. The van der Waals surface area contributed by atoms with Crippen molar-refractivity contribution >= 4 is 51.7 Å². The number of halogens is 1. The first-order chi connectivity index (χ1) is 28.8. The van der Waals surface area contributed by atoms with Crippen LogP contribution in [-0.4, -0.2) is 104 Å². The number of carbonyl (C=O) groups excluding carboxylic acids is 6. The number of esters is 6. The molecule has 0 radical (unpaired) electrons. The molecule has 2 aliphatic heterocycles. The number of aliphatic hydroxyl groups is 1. The molecule has 2 saturated heterocycles. The minimum atomic E-state index is -3.51. The van der Waals surface area contributed by atoms with E-state index in [1.807, 2.05) is 51.1 Å². The molecule has 10 atom stereocenters. The largest absolute Gasteiger partial charge is 0.467 e. The average Bonchev–Trinajstić information content (AvgIpc) is 3.47. The summed E-state index contributed by atoms with van der Waals surface area (Å²) in [5.74, 6) is -9.96. The maximum absolute atomic E-state index is 14.4. The maximum atomic E-state index is 14.4. The van der Waals surface area contributed by atoms with Gasteiger partial charge in [-0.15, -0.1) is 0 Å². The minimum absolute atomic E-state index is 0.0161. The third-order valence-corrected chi connectivity index (χ3v) is 11.6. The molecule has 4 unspecified atom stereocenters. The predicted octanol–water partition coefficient (Wildman–Crippen LogP) is 5.78. The molecule has 61 heavy (non-hydrogen) atoms. The topological polar surface area (TPSA) is 196 Å². The first-order valence-electron chi connectivity index (χ1n) is 19.9. The Balaban J connectivity index is 1.94. The second kappa shape index (κ2) is 20.8. The third kappa shape index (κ3) is 10.4. The van der Waals surface area contributed by atoms with Crippen LogP contribution < -0.4 is 0 Å². The quantitative estimate of drug-likeness (QED) is 0.0771. The molecule has 332 valence electrons. The van der Waals surface area contributed by atoms with Crippen molar-refractivity contribution < 1.29 is 71.8 Å². The monoisotopic (exact) mass is 914 g/mol. The van der Waals surface area contributed by atoms with Gasteiger partial charge in [0.15, 0.2) is 12.2 Å². The van der Waals surface area contributed by atoms with E-state index >= 15 is 0 Å². The van der Waals surface area contributed by atoms with E-state index in [0.717, 1.165) is 39.4 Å². The van der Waals surface area contributed by atoms with E-state index in [0.29, 0.717) is 28.8 Å². The highest BCUT2D eigenvalue weighted by atomic mass is 79.9. The normalized spacial score (nSPS) is 26.2. The van der Waals surface area contributed by atoms with Gasteiger partial charge in [0.2, 0.25) is 17.5 Å². The van der Waals surface area contributed by atoms with Crippen LogP contribution in [0.1, 0.15) is 76.2 Å². The van der Waals surface area contributed by atoms with E-state index in [1.54, 1.807) is 18.2 Å². The van der Waals surface area contributed by atoms with E-state index in [4.69, 9.17) is 37.9 Å². The molecule has 0 aliphatic carbocycles. The molecule has 15 nitrogen and oxygen atoms in total. The van der Waals surface area contributed by atoms with Gasteiger partial charge in [-0.3, -0.25) is 4.79 Å². The van der Waals surface area contributed by atoms with Gasteiger partial charge in [0, 0.05) is 29.8 Å². The van der Waals surface area contributed by atoms with Crippen molar-refractivity contribution in [2.24, 2.45) is 17.8 Å². The minimum Gasteiger partial charge on any atom is -0.467 e. The van der Waals surface area contributed by atoms with Gasteiger partial charge in [0.25, 0.3) is 5.60 Å². The van der Waals surface area contributed by atoms with Gasteiger partial charge in [-0.2, -0.15) is 0 Å². The predicted molar refractivity (Wildman–Crippen MR) is 221 cm³/mol. The Labute approximate surface area is 364 Å². The summed E-state index contributed by atoms with van der Waals surface area (Å²) in [5.41, 5.74) is -5.49. The fourth-order valence-corrected chi connectivity index (χ4v) is 8.12. The molecule has 2 heterocycles. The van der Waals surface area contributed by atoms with E-state index < -0.39 is 83.6 Å². The number of methoxy groups -OCH3 is 3. The van der Waals surface area contributed by atoms with Crippen molar-refractivity contribution in [1.82, 2.24) is 0 Å². The Morgan fingerprint density at radius 2 is 1.54 bits per heavy atom. The number of benzene rings is 2. The van der Waals surface area contributed by atoms with Crippen molar-refractivity contribution in [2.75, 3.05) is 21.3 Å². The van der Waals surface area contributed by atoms with Crippen LogP contribution in [0.4, 0.5) is 0 Å². The molecule has 2 aromatic carbocycles. The van der Waals surface area contributed by atoms with E-state index in [1.165, 1.54) is 19.1 Å². The highest BCUT2D eigenvalue weighted by Gasteiger charge is 2.87. The van der Waals surface area contributed by atoms with Crippen LogP contribution in [-0.2, 0) is 68.3 Å². The fraction of sp³-hybridized carbons (Fsp3) is 0.511. The SMILES string of the molecule is C=C(CC[C@]12O[C@H](C(=O)OC)[C@@](O)(C(=O)OC)[C@](C(=O)OC)(O1)[C@H](OC(=O)/C=C/C(C)CC(C)CC)[C@H]2OC(=O)c1ccc(Br)cc1)C(OC(C)=O)C(C)Cc1ccccc1. The first-order valence-corrected chi connectivity index (χ1v) is 20.7. The van der Waals surface area contributed by atoms with Crippen LogP contribution in [0.5, 0.6) is 0 Å². The third-order valence-electron chi connectivity index (χ3n) is 11.1. The van der Waals surface area contributed by atoms with Gasteiger partial charge < -0.3 is 43.0 Å². The molecule has 16 heteroatoms. The van der Waals surface area contributed by atoms with Crippen LogP contribution in [0.25, 0.3) is 0 Å². The van der Waals surface area contributed by atoms with Gasteiger partial charge in [-0.05, 0) is 66.5 Å². The van der Waals surface area contributed by atoms with Gasteiger partial charge >= 0.3 is 35.8 Å². The van der Waals surface area contributed by atoms with Crippen LogP contribution in [0.2, 0.25) is 0 Å². The molecule has 0 spiro atoms. The Morgan fingerprint density at radius 3 is 2.11 bits per heavy atom. The number of carbonyl (C=O) groups is 6. The lowest BCUT2D eigenvalue weighted by molar-refractivity contribution is -0.374. The zero-order valence-corrected chi connectivity index (χ0v) is 37.3. The van der Waals surface area contributed by atoms with E-state index in [9.17, 15) is 33.9 Å². The molecule has 1 N–H and O–H groups in total. The van der Waals surface area contributed by atoms with Gasteiger partial charge in [0.05, 0.1) is 26.9 Å². The summed E-state index contributed by atoms with van der Waals surface area (Å²) in [6.07, 6.45) is -3.57. The zero-order valence-electron chi connectivity index (χ0n) is 35.7. The van der Waals surface area contributed by atoms with Gasteiger partial charge in [0.1, 0.15) is 6.10 Å². The molecule has 0 saturated carbocycles. The highest BCUT2D eigenvalue weighted by molar-refractivity contribution is 9.10. The van der Waals surface area contributed by atoms with Crippen molar-refractivity contribution in [2.45, 2.75) is 108 Å². The number of ether oxygens (including phenoxy) is 8. The molecule has 2 bridgehead atoms. The Morgan fingerprint density at radius 1 is 0.902 bits per heavy atom. The Bertz CT molecular complexity index is 1950. The lowest BCUT2D eigenvalue weighted by Crippen LogP contribution is -2.78. The second-order valence-electron chi connectivity index (χ2n) is 15.6. The van der Waals surface area contributed by atoms with Crippen LogP contribution in [0, 0.1) is 17.8 Å². The lowest BCUT2D eigenvalue weighted by Gasteiger charge is -2.49. The van der Waals surface area contributed by atoms with Crippen molar-refractivity contribution in [3.05, 3.63) is 94.5 Å². The summed E-state index contributed by atoms with van der Waals surface area (Å²) < 4.78 is 46.2. The molecule has 0 amide bonds. The first kappa shape index (κ1) is 48.8. The summed E-state index contributed by atoms with van der Waals surface area (Å²) in [6, 6.07) is 15.4. The average molecular weight is 916 g/mol. The molecular weight excluding hydrogens is 860 g/mol. The number of rotatable bonds is 19. The number of allylic oxidation sites excluding steroid dienone is 1. The van der Waals surface area contributed by atoms with Gasteiger partial charge in [-0.25, -0.2) is 24.0 Å². The smallest absolute Gasteiger partial charge is 0.346 e. The van der Waals surface area contributed by atoms with E-state index in [2.05, 4.69) is 29.4 Å². The summed E-state index contributed by atoms with van der Waals surface area (Å²) in [6.45, 7) is 13.3. The molecule has 4 rings (SSSR count). The second-order valence-corrected chi connectivity index (χ2v) is 16.5. The standard InChI is InChI=1S/C45H55BrO15/c1-10-26(2)24-27(3)16-21-34(48)58-37-36(59-39(49)32-17-19-33(46)20-18-32)43(23-22-28(4)35(57-30(6)47)29(5)25-31-14-12-11-13-15-31)60-38(40(50)54-7)44(53,41(51)55-8)45(37,61-43)42(52)56-9/h11-21,26-27,29,35-38,53H,4,10,22-25H2,1-3,5-9H3/b21-16+/t26?,27?,29?,35?,36-,37-,38-,43+,44-,45+/m1/s1. The van der Waals surface area contributed by atoms with Crippen molar-refractivity contribution in [3.63, 3.8) is 0 Å². The van der Waals surface area contributed by atoms with E-state index in [-0.39, 0.29) is 23.8 Å². The number of fused-ring (bicyclic) bond motifs is 2. The van der Waals surface area contributed by atoms with Gasteiger partial charge in [-0.1, -0.05) is 93.0 Å². The fourth-order valence-electron chi connectivity index (χ4n) is 7.86. The Hall–Kier alpha value is -4.90. The maximum Gasteiger partial charge on any atom is 0.346 e. The van der Waals surface area contributed by atoms with Crippen molar-refractivity contribution in [3.8, 4) is 0 Å². The molecule has 2 fully saturated rings. The Kier molecular flexibility index (Phi) is 16.6. The molecule has 0 aromatic heterocycles. The number of hydrogen-bond acceptors (Lipinski definition) is 15. The molecule has 2 aromatic rings. The zero-order chi connectivity index (χ0) is 45.3. The summed E-state index contributed by atoms with van der Waals surface area (Å²) >= 11 is 3.32. The number of hydrogen-bond donors (Lipinski definition) is 1.